The van der Waals surface area contributed by atoms with Crippen molar-refractivity contribution in [2.24, 2.45) is 0 Å². The highest BCUT2D eigenvalue weighted by Crippen LogP contribution is 2.20. The van der Waals surface area contributed by atoms with Gasteiger partial charge in [-0.25, -0.2) is 4.79 Å². The van der Waals surface area contributed by atoms with Gasteiger partial charge >= 0.3 is 6.03 Å². The van der Waals surface area contributed by atoms with E-state index in [1.807, 2.05) is 31.2 Å². The topological polar surface area (TPSA) is 50.0 Å². The van der Waals surface area contributed by atoms with Gasteiger partial charge in [-0.1, -0.05) is 18.2 Å². The van der Waals surface area contributed by atoms with E-state index < -0.39 is 0 Å². The number of hydrogen-bond acceptors (Lipinski definition) is 2. The summed E-state index contributed by atoms with van der Waals surface area (Å²) in [5.41, 5.74) is 1.97. The molecule has 3 rings (SSSR count). The number of nitrogens with one attached hydrogen (secondary N) is 4. The van der Waals surface area contributed by atoms with Crippen LogP contribution in [0.5, 0.6) is 0 Å². The van der Waals surface area contributed by atoms with Crippen molar-refractivity contribution >= 4 is 23.1 Å². The Morgan fingerprint density at radius 1 is 1.15 bits per heavy atom. The lowest BCUT2D eigenvalue weighted by molar-refractivity contribution is -1.02. The van der Waals surface area contributed by atoms with Crippen LogP contribution in [0.25, 0.3) is 0 Å². The Hall–Kier alpha value is -1.89. The summed E-state index contributed by atoms with van der Waals surface area (Å²) in [5.74, 6) is 0. The summed E-state index contributed by atoms with van der Waals surface area (Å²) in [4.78, 5) is 17.0. The number of quaternary nitrogens is 2. The Kier molecular flexibility index (Phi) is 6.29. The highest BCUT2D eigenvalue weighted by Gasteiger charge is 2.34. The number of urea groups is 1. The number of anilines is 1. The van der Waals surface area contributed by atoms with Gasteiger partial charge in [0.2, 0.25) is 0 Å². The molecule has 1 fully saturated rings. The third-order valence-corrected chi connectivity index (χ3v) is 6.13. The molecule has 1 saturated heterocycles. The van der Waals surface area contributed by atoms with Crippen LogP contribution in [0.2, 0.25) is 0 Å². The second-order valence-corrected chi connectivity index (χ2v) is 8.34. The lowest BCUT2D eigenvalue weighted by atomic mass is 10.1. The van der Waals surface area contributed by atoms with Crippen molar-refractivity contribution in [3.63, 3.8) is 0 Å². The average Bonchev–Trinajstić information content (AvgIpc) is 3.11. The molecule has 2 heterocycles. The van der Waals surface area contributed by atoms with Gasteiger partial charge in [-0.15, -0.1) is 11.3 Å². The number of carbonyl (C=O) groups is 1. The van der Waals surface area contributed by atoms with Crippen LogP contribution in [-0.2, 0) is 0 Å². The second-order valence-electron chi connectivity index (χ2n) is 7.37. The lowest BCUT2D eigenvalue weighted by Crippen LogP contribution is -3.27. The summed E-state index contributed by atoms with van der Waals surface area (Å²) in [6.45, 7) is 8.79. The average molecular weight is 375 g/mol. The molecule has 0 radical (unpaired) electrons. The van der Waals surface area contributed by atoms with Crippen LogP contribution in [0, 0.1) is 6.92 Å². The second kappa shape index (κ2) is 8.66. The molecule has 1 aliphatic heterocycles. The van der Waals surface area contributed by atoms with E-state index in [1.54, 1.807) is 21.1 Å². The molecule has 2 atom stereocenters. The first-order valence-corrected chi connectivity index (χ1v) is 10.2. The third-order valence-electron chi connectivity index (χ3n) is 5.17. The van der Waals surface area contributed by atoms with Crippen molar-refractivity contribution in [1.82, 2.24) is 5.32 Å². The van der Waals surface area contributed by atoms with E-state index in [0.717, 1.165) is 24.3 Å². The molecule has 2 aromatic rings. The SMILES string of the molecule is Cc1cccc(NC(=O)N[C@H](C)[C@@H](c2cccs2)[NH+]2CC[NH+](C)CC2)c1. The first kappa shape index (κ1) is 18.9. The van der Waals surface area contributed by atoms with E-state index in [1.165, 1.54) is 18.0 Å². The number of likely N-dealkylation sites (N-methyl/N-ethyl adjacent to an activating group) is 1. The van der Waals surface area contributed by atoms with E-state index in [4.69, 9.17) is 0 Å². The Labute approximate surface area is 160 Å². The van der Waals surface area contributed by atoms with Crippen LogP contribution in [-0.4, -0.2) is 45.3 Å². The molecule has 0 saturated carbocycles. The number of rotatable bonds is 5. The molecule has 5 nitrogen and oxygen atoms in total. The van der Waals surface area contributed by atoms with Crippen molar-refractivity contribution in [3.8, 4) is 0 Å². The zero-order valence-electron chi connectivity index (χ0n) is 15.8. The van der Waals surface area contributed by atoms with Gasteiger partial charge in [-0.2, -0.15) is 0 Å². The molecule has 4 N–H and O–H groups in total. The Balaban J connectivity index is 1.67. The van der Waals surface area contributed by atoms with Gasteiger partial charge in [-0.05, 0) is 43.0 Å². The maximum atomic E-state index is 12.5. The lowest BCUT2D eigenvalue weighted by Gasteiger charge is -2.35. The number of aryl methyl sites for hydroxylation is 1. The van der Waals surface area contributed by atoms with Crippen molar-refractivity contribution < 1.29 is 14.6 Å². The molecule has 6 heteroatoms. The van der Waals surface area contributed by atoms with Crippen LogP contribution >= 0.6 is 11.3 Å². The first-order valence-electron chi connectivity index (χ1n) is 9.36. The minimum atomic E-state index is -0.135. The molecule has 26 heavy (non-hydrogen) atoms. The maximum Gasteiger partial charge on any atom is 0.319 e. The van der Waals surface area contributed by atoms with Gasteiger partial charge < -0.3 is 20.4 Å². The molecule has 0 aliphatic carbocycles. The number of thiophene rings is 1. The van der Waals surface area contributed by atoms with Gasteiger partial charge in [-0.3, -0.25) is 0 Å². The largest absolute Gasteiger partial charge is 0.329 e. The van der Waals surface area contributed by atoms with E-state index in [0.29, 0.717) is 6.04 Å². The van der Waals surface area contributed by atoms with Crippen molar-refractivity contribution in [1.29, 1.82) is 0 Å². The molecular weight excluding hydrogens is 344 g/mol. The molecular formula is C20H30N4OS+2. The first-order chi connectivity index (χ1) is 12.5. The fraction of sp³-hybridized carbons (Fsp3) is 0.450. The smallest absolute Gasteiger partial charge is 0.319 e. The number of carbonyl (C=O) groups excluding carboxylic acids is 1. The number of benzene rings is 1. The summed E-state index contributed by atoms with van der Waals surface area (Å²) in [5, 5.41) is 8.27. The highest BCUT2D eigenvalue weighted by atomic mass is 32.1. The molecule has 0 unspecified atom stereocenters. The van der Waals surface area contributed by atoms with E-state index in [9.17, 15) is 4.79 Å². The monoisotopic (exact) mass is 374 g/mol. The standard InChI is InChI=1S/C20H28N4OS/c1-15-6-4-7-17(14-15)22-20(25)21-16(2)19(18-8-5-13-26-18)24-11-9-23(3)10-12-24/h4-8,13-14,16,19H,9-12H2,1-3H3,(H2,21,22,25)/p+2/t16-,19+/m1/s1. The van der Waals surface area contributed by atoms with Crippen LogP contribution in [0.3, 0.4) is 0 Å². The van der Waals surface area contributed by atoms with Crippen LogP contribution in [0.15, 0.2) is 41.8 Å². The zero-order chi connectivity index (χ0) is 18.5. The summed E-state index contributed by atoms with van der Waals surface area (Å²) < 4.78 is 0. The predicted molar refractivity (Wildman–Crippen MR) is 107 cm³/mol. The summed E-state index contributed by atoms with van der Waals surface area (Å²) in [6.07, 6.45) is 0. The van der Waals surface area contributed by atoms with Gasteiger partial charge in [0, 0.05) is 5.69 Å². The normalized spacial score (nSPS) is 22.4. The molecule has 1 aromatic heterocycles. The Morgan fingerprint density at radius 2 is 1.92 bits per heavy atom. The predicted octanol–water partition coefficient (Wildman–Crippen LogP) is 0.721. The minimum absolute atomic E-state index is 0.0619. The van der Waals surface area contributed by atoms with E-state index in [-0.39, 0.29) is 12.1 Å². The maximum absolute atomic E-state index is 12.5. The minimum Gasteiger partial charge on any atom is -0.329 e. The van der Waals surface area contributed by atoms with Gasteiger partial charge in [0.1, 0.15) is 32.2 Å². The van der Waals surface area contributed by atoms with E-state index in [2.05, 4.69) is 42.1 Å². The van der Waals surface area contributed by atoms with Crippen molar-refractivity contribution in [2.45, 2.75) is 25.9 Å². The molecule has 140 valence electrons. The third kappa shape index (κ3) is 4.84. The fourth-order valence-electron chi connectivity index (χ4n) is 3.76. The number of piperazine rings is 1. The quantitative estimate of drug-likeness (QED) is 0.613. The van der Waals surface area contributed by atoms with E-state index >= 15 is 0 Å². The van der Waals surface area contributed by atoms with Gasteiger partial charge in [0.15, 0.2) is 0 Å². The van der Waals surface area contributed by atoms with Crippen LogP contribution in [0.4, 0.5) is 10.5 Å². The van der Waals surface area contributed by atoms with Crippen LogP contribution < -0.4 is 20.4 Å². The zero-order valence-corrected chi connectivity index (χ0v) is 16.7. The Bertz CT molecular complexity index is 710. The highest BCUT2D eigenvalue weighted by molar-refractivity contribution is 7.10. The molecule has 1 aliphatic rings. The number of hydrogen-bond donors (Lipinski definition) is 4. The summed E-state index contributed by atoms with van der Waals surface area (Å²) in [7, 11) is 2.26. The molecule has 2 amide bonds. The number of amides is 2. The van der Waals surface area contributed by atoms with Gasteiger partial charge in [0.25, 0.3) is 0 Å². The molecule has 0 spiro atoms. The fourth-order valence-corrected chi connectivity index (χ4v) is 4.75. The van der Waals surface area contributed by atoms with Gasteiger partial charge in [0.05, 0.1) is 18.0 Å². The molecule has 0 bridgehead atoms. The summed E-state index contributed by atoms with van der Waals surface area (Å²) in [6, 6.07) is 12.4. The molecule has 1 aromatic carbocycles. The van der Waals surface area contributed by atoms with Crippen molar-refractivity contribution in [3.05, 3.63) is 52.2 Å². The Morgan fingerprint density at radius 3 is 2.58 bits per heavy atom. The summed E-state index contributed by atoms with van der Waals surface area (Å²) >= 11 is 1.79. The van der Waals surface area contributed by atoms with Crippen LogP contribution in [0.1, 0.15) is 23.4 Å². The van der Waals surface area contributed by atoms with Crippen molar-refractivity contribution in [2.75, 3.05) is 38.5 Å².